The molecule has 0 N–H and O–H groups in total. The summed E-state index contributed by atoms with van der Waals surface area (Å²) in [5.74, 6) is 0. The molecule has 0 heterocycles. The van der Waals surface area contributed by atoms with Crippen LogP contribution in [0.3, 0.4) is 0 Å². The molecule has 0 saturated heterocycles. The third-order valence-corrected chi connectivity index (χ3v) is 4.32. The summed E-state index contributed by atoms with van der Waals surface area (Å²) in [5, 5.41) is 14.6. The minimum Gasteiger partial charge on any atom is -0.192 e. The Kier molecular flexibility index (Phi) is 3.26. The van der Waals surface area contributed by atoms with Crippen molar-refractivity contribution in [1.82, 2.24) is 0 Å². The van der Waals surface area contributed by atoms with E-state index < -0.39 is 0 Å². The highest BCUT2D eigenvalue weighted by Crippen LogP contribution is 2.36. The average molecular weight is 314 g/mol. The standard InChI is InChI=1S/C21H12ClN/c22-17-10-14(13-23)9-16(11-17)21-12-15-5-1-2-6-18(15)19-7-3-4-8-20(19)21/h1-12H. The first-order chi connectivity index (χ1) is 11.3. The number of fused-ring (bicyclic) bond motifs is 3. The fraction of sp³-hybridized carbons (Fsp3) is 0. The van der Waals surface area contributed by atoms with Gasteiger partial charge in [0.25, 0.3) is 0 Å². The molecule has 4 aromatic rings. The number of nitrogens with zero attached hydrogens (tertiary/aromatic N) is 1. The Bertz CT molecular complexity index is 1090. The molecule has 1 nitrogen and oxygen atoms in total. The summed E-state index contributed by atoms with van der Waals surface area (Å²) >= 11 is 6.20. The lowest BCUT2D eigenvalue weighted by atomic mass is 9.93. The third-order valence-electron chi connectivity index (χ3n) is 4.11. The Morgan fingerprint density at radius 2 is 1.43 bits per heavy atom. The van der Waals surface area contributed by atoms with Crippen LogP contribution < -0.4 is 0 Å². The van der Waals surface area contributed by atoms with Crippen molar-refractivity contribution >= 4 is 33.1 Å². The number of halogens is 1. The van der Waals surface area contributed by atoms with Crippen molar-refractivity contribution in [2.45, 2.75) is 0 Å². The number of benzene rings is 4. The van der Waals surface area contributed by atoms with Crippen molar-refractivity contribution in [3.05, 3.63) is 83.4 Å². The molecule has 0 radical (unpaired) electrons. The van der Waals surface area contributed by atoms with Gasteiger partial charge in [0.1, 0.15) is 0 Å². The van der Waals surface area contributed by atoms with Gasteiger partial charge in [0, 0.05) is 5.02 Å². The summed E-state index contributed by atoms with van der Waals surface area (Å²) in [7, 11) is 0. The van der Waals surface area contributed by atoms with Gasteiger partial charge in [-0.05, 0) is 56.9 Å². The van der Waals surface area contributed by atoms with Crippen LogP contribution in [0.4, 0.5) is 0 Å². The Balaban J connectivity index is 2.14. The van der Waals surface area contributed by atoms with E-state index in [1.807, 2.05) is 24.3 Å². The molecule has 0 spiro atoms. The van der Waals surface area contributed by atoms with Crippen LogP contribution in [0.2, 0.25) is 5.02 Å². The largest absolute Gasteiger partial charge is 0.192 e. The monoisotopic (exact) mass is 313 g/mol. The van der Waals surface area contributed by atoms with E-state index in [4.69, 9.17) is 11.6 Å². The van der Waals surface area contributed by atoms with E-state index in [0.717, 1.165) is 16.5 Å². The summed E-state index contributed by atoms with van der Waals surface area (Å²) in [4.78, 5) is 0. The molecule has 0 unspecified atom stereocenters. The molecule has 4 rings (SSSR count). The highest BCUT2D eigenvalue weighted by molar-refractivity contribution is 6.31. The SMILES string of the molecule is N#Cc1cc(Cl)cc(-c2cc3ccccc3c3ccccc23)c1. The molecule has 23 heavy (non-hydrogen) atoms. The van der Waals surface area contributed by atoms with E-state index in [1.54, 1.807) is 6.07 Å². The van der Waals surface area contributed by atoms with Gasteiger partial charge in [-0.15, -0.1) is 0 Å². The van der Waals surface area contributed by atoms with Gasteiger partial charge in [-0.3, -0.25) is 0 Å². The maximum absolute atomic E-state index is 9.21. The smallest absolute Gasteiger partial charge is 0.0992 e. The molecule has 0 aliphatic heterocycles. The van der Waals surface area contributed by atoms with Gasteiger partial charge in [-0.25, -0.2) is 0 Å². The lowest BCUT2D eigenvalue weighted by molar-refractivity contribution is 1.48. The third kappa shape index (κ3) is 2.34. The van der Waals surface area contributed by atoms with Crippen LogP contribution in [-0.2, 0) is 0 Å². The van der Waals surface area contributed by atoms with Gasteiger partial charge in [-0.2, -0.15) is 5.26 Å². The lowest BCUT2D eigenvalue weighted by Crippen LogP contribution is -1.86. The molecule has 4 aromatic carbocycles. The Hall–Kier alpha value is -2.82. The predicted molar refractivity (Wildman–Crippen MR) is 96.6 cm³/mol. The second-order valence-electron chi connectivity index (χ2n) is 5.53. The van der Waals surface area contributed by atoms with Gasteiger partial charge in [-0.1, -0.05) is 60.1 Å². The van der Waals surface area contributed by atoms with Crippen molar-refractivity contribution < 1.29 is 0 Å². The maximum Gasteiger partial charge on any atom is 0.0992 e. The normalized spacial score (nSPS) is 10.8. The van der Waals surface area contributed by atoms with E-state index >= 15 is 0 Å². The molecule has 0 saturated carbocycles. The second-order valence-corrected chi connectivity index (χ2v) is 5.97. The maximum atomic E-state index is 9.21. The molecular weight excluding hydrogens is 302 g/mol. The Morgan fingerprint density at radius 3 is 2.22 bits per heavy atom. The van der Waals surface area contributed by atoms with Crippen LogP contribution >= 0.6 is 11.6 Å². The fourth-order valence-corrected chi connectivity index (χ4v) is 3.34. The zero-order chi connectivity index (χ0) is 15.8. The number of rotatable bonds is 1. The molecule has 0 aromatic heterocycles. The zero-order valence-electron chi connectivity index (χ0n) is 12.3. The van der Waals surface area contributed by atoms with Crippen molar-refractivity contribution in [3.8, 4) is 17.2 Å². The number of hydrogen-bond acceptors (Lipinski definition) is 1. The highest BCUT2D eigenvalue weighted by Gasteiger charge is 2.09. The molecule has 0 aliphatic carbocycles. The van der Waals surface area contributed by atoms with Crippen LogP contribution in [0.25, 0.3) is 32.7 Å². The first kappa shape index (κ1) is 13.8. The van der Waals surface area contributed by atoms with Crippen molar-refractivity contribution in [2.24, 2.45) is 0 Å². The van der Waals surface area contributed by atoms with E-state index in [1.165, 1.54) is 16.2 Å². The van der Waals surface area contributed by atoms with Crippen molar-refractivity contribution in [1.29, 1.82) is 5.26 Å². The summed E-state index contributed by atoms with van der Waals surface area (Å²) < 4.78 is 0. The molecule has 0 atom stereocenters. The number of hydrogen-bond donors (Lipinski definition) is 0. The topological polar surface area (TPSA) is 23.8 Å². The van der Waals surface area contributed by atoms with E-state index in [0.29, 0.717) is 10.6 Å². The highest BCUT2D eigenvalue weighted by atomic mass is 35.5. The van der Waals surface area contributed by atoms with Crippen LogP contribution in [0, 0.1) is 11.3 Å². The minimum absolute atomic E-state index is 0.574. The molecule has 2 heteroatoms. The minimum atomic E-state index is 0.574. The molecule has 108 valence electrons. The molecule has 0 bridgehead atoms. The van der Waals surface area contributed by atoms with Gasteiger partial charge in [0.2, 0.25) is 0 Å². The van der Waals surface area contributed by atoms with Gasteiger partial charge in [0.15, 0.2) is 0 Å². The molecular formula is C21H12ClN. The Morgan fingerprint density at radius 1 is 0.739 bits per heavy atom. The summed E-state index contributed by atoms with van der Waals surface area (Å²) in [6.07, 6.45) is 0. The zero-order valence-corrected chi connectivity index (χ0v) is 13.0. The molecule has 0 aliphatic rings. The Labute approximate surface area is 139 Å². The first-order valence-electron chi connectivity index (χ1n) is 7.38. The van der Waals surface area contributed by atoms with Crippen molar-refractivity contribution in [2.75, 3.05) is 0 Å². The summed E-state index contributed by atoms with van der Waals surface area (Å²) in [6, 6.07) is 26.5. The van der Waals surface area contributed by atoms with Gasteiger partial charge < -0.3 is 0 Å². The molecule has 0 fully saturated rings. The quantitative estimate of drug-likeness (QED) is 0.385. The lowest BCUT2D eigenvalue weighted by Gasteiger charge is -2.11. The van der Waals surface area contributed by atoms with Crippen LogP contribution in [0.15, 0.2) is 72.8 Å². The number of nitriles is 1. The van der Waals surface area contributed by atoms with Gasteiger partial charge >= 0.3 is 0 Å². The second kappa shape index (κ2) is 5.43. The molecule has 0 amide bonds. The van der Waals surface area contributed by atoms with E-state index in [-0.39, 0.29) is 0 Å². The van der Waals surface area contributed by atoms with E-state index in [9.17, 15) is 5.26 Å². The fourth-order valence-electron chi connectivity index (χ4n) is 3.10. The van der Waals surface area contributed by atoms with Crippen LogP contribution in [0.5, 0.6) is 0 Å². The summed E-state index contributed by atoms with van der Waals surface area (Å²) in [5.41, 5.74) is 2.64. The average Bonchev–Trinajstić information content (AvgIpc) is 2.60. The van der Waals surface area contributed by atoms with Crippen molar-refractivity contribution in [3.63, 3.8) is 0 Å². The first-order valence-corrected chi connectivity index (χ1v) is 7.75. The van der Waals surface area contributed by atoms with Gasteiger partial charge in [0.05, 0.1) is 11.6 Å². The van der Waals surface area contributed by atoms with Crippen LogP contribution in [0.1, 0.15) is 5.56 Å². The predicted octanol–water partition coefficient (Wildman–Crippen LogP) is 6.19. The van der Waals surface area contributed by atoms with E-state index in [2.05, 4.69) is 48.5 Å². The van der Waals surface area contributed by atoms with Crippen LogP contribution in [-0.4, -0.2) is 0 Å². The summed E-state index contributed by atoms with van der Waals surface area (Å²) in [6.45, 7) is 0.